The van der Waals surface area contributed by atoms with Crippen LogP contribution in [0.4, 0.5) is 0 Å². The Hall–Kier alpha value is 0.830. The minimum Gasteiger partial charge on any atom is -0.870 e. The monoisotopic (exact) mass is 324 g/mol. The Balaban J connectivity index is -0.000000320. The van der Waals surface area contributed by atoms with Crippen molar-refractivity contribution < 1.29 is 31.3 Å². The van der Waals surface area contributed by atoms with Crippen LogP contribution in [0.1, 0.15) is 46.0 Å². The second-order valence-electron chi connectivity index (χ2n) is 3.10. The summed E-state index contributed by atoms with van der Waals surface area (Å²) in [5.74, 6) is 0.884. The second kappa shape index (κ2) is 13.4. The molecule has 0 aliphatic rings. The minimum atomic E-state index is 0. The molecular formula is C9H20HfO-2. The van der Waals surface area contributed by atoms with Gasteiger partial charge in [-0.2, -0.15) is 6.42 Å². The average molecular weight is 323 g/mol. The van der Waals surface area contributed by atoms with E-state index in [4.69, 9.17) is 0 Å². The smallest absolute Gasteiger partial charge is 0 e. The summed E-state index contributed by atoms with van der Waals surface area (Å²) in [6.07, 6.45) is 6.58. The molecule has 0 saturated carbocycles. The summed E-state index contributed by atoms with van der Waals surface area (Å²) in [6.45, 7) is 8.37. The van der Waals surface area contributed by atoms with Crippen molar-refractivity contribution in [3.05, 3.63) is 6.92 Å². The van der Waals surface area contributed by atoms with Crippen LogP contribution in [0.5, 0.6) is 0 Å². The maximum atomic E-state index is 3.80. The number of unbranched alkanes of at least 4 members (excludes halogenated alkanes) is 3. The quantitative estimate of drug-likeness (QED) is 0.434. The summed E-state index contributed by atoms with van der Waals surface area (Å²) in [5, 5.41) is 0. The molecule has 11 heavy (non-hydrogen) atoms. The van der Waals surface area contributed by atoms with Gasteiger partial charge in [0, 0.05) is 25.8 Å². The van der Waals surface area contributed by atoms with Gasteiger partial charge in [-0.25, -0.2) is 0 Å². The fraction of sp³-hybridized carbons (Fsp3) is 0.889. The van der Waals surface area contributed by atoms with E-state index in [0.29, 0.717) is 0 Å². The zero-order valence-corrected chi connectivity index (χ0v) is 11.4. The van der Waals surface area contributed by atoms with Crippen molar-refractivity contribution in [1.29, 1.82) is 0 Å². The van der Waals surface area contributed by atoms with Crippen molar-refractivity contribution in [3.8, 4) is 0 Å². The Labute approximate surface area is 90.0 Å². The molecule has 0 unspecified atom stereocenters. The molecule has 0 heterocycles. The first-order valence-corrected chi connectivity index (χ1v) is 4.06. The zero-order chi connectivity index (χ0) is 7.11. The summed E-state index contributed by atoms with van der Waals surface area (Å²) in [7, 11) is 0. The Morgan fingerprint density at radius 3 is 2.00 bits per heavy atom. The van der Waals surface area contributed by atoms with Crippen LogP contribution in [-0.2, 0) is 25.8 Å². The third-order valence-corrected chi connectivity index (χ3v) is 1.53. The summed E-state index contributed by atoms with van der Waals surface area (Å²) >= 11 is 0. The standard InChI is InChI=1S/C9H19.Hf.H2O/c1-4-5-6-7-8-9(2)3;;/h9H,1,4-8H2,2-3H3;;1H2/q-1;;/p-1. The van der Waals surface area contributed by atoms with Crippen LogP contribution in [-0.4, -0.2) is 5.48 Å². The average Bonchev–Trinajstić information content (AvgIpc) is 1.80. The van der Waals surface area contributed by atoms with Crippen molar-refractivity contribution in [3.63, 3.8) is 0 Å². The molecule has 0 rings (SSSR count). The first kappa shape index (κ1) is 17.8. The summed E-state index contributed by atoms with van der Waals surface area (Å²) < 4.78 is 0. The molecule has 2 heteroatoms. The molecule has 68 valence electrons. The second-order valence-corrected chi connectivity index (χ2v) is 3.10. The van der Waals surface area contributed by atoms with Crippen molar-refractivity contribution in [2.45, 2.75) is 46.0 Å². The molecule has 0 bridgehead atoms. The van der Waals surface area contributed by atoms with Crippen LogP contribution in [0.25, 0.3) is 0 Å². The molecule has 0 fully saturated rings. The van der Waals surface area contributed by atoms with Crippen LogP contribution < -0.4 is 0 Å². The number of hydrogen-bond donors (Lipinski definition) is 0. The summed E-state index contributed by atoms with van der Waals surface area (Å²) in [4.78, 5) is 0. The Kier molecular flexibility index (Phi) is 21.7. The van der Waals surface area contributed by atoms with Crippen molar-refractivity contribution in [1.82, 2.24) is 0 Å². The predicted molar refractivity (Wildman–Crippen MR) is 45.2 cm³/mol. The van der Waals surface area contributed by atoms with Crippen LogP contribution in [0.15, 0.2) is 0 Å². The van der Waals surface area contributed by atoms with Crippen molar-refractivity contribution >= 4 is 0 Å². The summed E-state index contributed by atoms with van der Waals surface area (Å²) in [5.41, 5.74) is 0. The third-order valence-electron chi connectivity index (χ3n) is 1.53. The Bertz CT molecular complexity index is 55.5. The molecule has 0 radical (unpaired) electrons. The predicted octanol–water partition coefficient (Wildman–Crippen LogP) is 3.25. The van der Waals surface area contributed by atoms with Crippen LogP contribution in [0.3, 0.4) is 0 Å². The van der Waals surface area contributed by atoms with Gasteiger partial charge in [-0.05, 0) is 5.92 Å². The molecule has 0 amide bonds. The maximum Gasteiger partial charge on any atom is 0 e. The Morgan fingerprint density at radius 2 is 1.64 bits per heavy atom. The van der Waals surface area contributed by atoms with Crippen LogP contribution in [0, 0.1) is 12.8 Å². The van der Waals surface area contributed by atoms with E-state index in [1.54, 1.807) is 0 Å². The van der Waals surface area contributed by atoms with Crippen molar-refractivity contribution in [2.75, 3.05) is 0 Å². The fourth-order valence-electron chi connectivity index (χ4n) is 0.906. The molecular weight excluding hydrogens is 303 g/mol. The van der Waals surface area contributed by atoms with E-state index >= 15 is 0 Å². The normalized spacial score (nSPS) is 8.73. The molecule has 0 aromatic heterocycles. The van der Waals surface area contributed by atoms with E-state index in [2.05, 4.69) is 20.8 Å². The molecule has 0 aromatic rings. The SMILES string of the molecule is [CH2-]CCCCCC(C)C.[Hf].[OH-]. The van der Waals surface area contributed by atoms with E-state index in [0.717, 1.165) is 12.3 Å². The Morgan fingerprint density at radius 1 is 1.09 bits per heavy atom. The molecule has 1 N–H and O–H groups in total. The molecule has 0 spiro atoms. The van der Waals surface area contributed by atoms with E-state index in [9.17, 15) is 0 Å². The third kappa shape index (κ3) is 18.1. The van der Waals surface area contributed by atoms with E-state index in [-0.39, 0.29) is 31.3 Å². The molecule has 0 aliphatic heterocycles. The van der Waals surface area contributed by atoms with Gasteiger partial charge in [-0.1, -0.05) is 39.5 Å². The van der Waals surface area contributed by atoms with Gasteiger partial charge in [-0.15, -0.1) is 0 Å². The van der Waals surface area contributed by atoms with Gasteiger partial charge < -0.3 is 12.4 Å². The van der Waals surface area contributed by atoms with E-state index < -0.39 is 0 Å². The van der Waals surface area contributed by atoms with Gasteiger partial charge in [0.15, 0.2) is 0 Å². The van der Waals surface area contributed by atoms with Gasteiger partial charge in [0.25, 0.3) is 0 Å². The zero-order valence-electron chi connectivity index (χ0n) is 7.77. The van der Waals surface area contributed by atoms with E-state index in [1.807, 2.05) is 0 Å². The first-order chi connectivity index (χ1) is 4.27. The number of hydrogen-bond acceptors (Lipinski definition) is 1. The molecule has 0 aromatic carbocycles. The minimum absolute atomic E-state index is 0. The molecule has 0 saturated heterocycles. The largest absolute Gasteiger partial charge is 0.870 e. The van der Waals surface area contributed by atoms with Gasteiger partial charge >= 0.3 is 0 Å². The van der Waals surface area contributed by atoms with E-state index in [1.165, 1.54) is 25.7 Å². The molecule has 0 atom stereocenters. The maximum absolute atomic E-state index is 3.80. The summed E-state index contributed by atoms with van der Waals surface area (Å²) in [6, 6.07) is 0. The van der Waals surface area contributed by atoms with Crippen LogP contribution in [0.2, 0.25) is 0 Å². The van der Waals surface area contributed by atoms with Crippen LogP contribution >= 0.6 is 0 Å². The molecule has 1 nitrogen and oxygen atoms in total. The van der Waals surface area contributed by atoms with Gasteiger partial charge in [0.1, 0.15) is 0 Å². The first-order valence-electron chi connectivity index (χ1n) is 4.06. The van der Waals surface area contributed by atoms with Gasteiger partial charge in [0.05, 0.1) is 0 Å². The fourth-order valence-corrected chi connectivity index (χ4v) is 0.906. The van der Waals surface area contributed by atoms with Gasteiger partial charge in [-0.3, -0.25) is 0 Å². The topological polar surface area (TPSA) is 30.0 Å². The van der Waals surface area contributed by atoms with Crippen molar-refractivity contribution in [2.24, 2.45) is 5.92 Å². The van der Waals surface area contributed by atoms with Gasteiger partial charge in [0.2, 0.25) is 0 Å². The molecule has 0 aliphatic carbocycles. The number of rotatable bonds is 5.